The van der Waals surface area contributed by atoms with Crippen LogP contribution in [0.3, 0.4) is 0 Å². The zero-order chi connectivity index (χ0) is 24.2. The Morgan fingerprint density at radius 3 is 2.09 bits per heavy atom. The number of rotatable bonds is 1. The van der Waals surface area contributed by atoms with Crippen molar-refractivity contribution in [3.8, 4) is 0 Å². The highest BCUT2D eigenvalue weighted by Crippen LogP contribution is 2.77. The smallest absolute Gasteiger partial charge is 0.126 e. The van der Waals surface area contributed by atoms with E-state index in [1.807, 2.05) is 0 Å². The van der Waals surface area contributed by atoms with E-state index in [2.05, 4.69) is 55.4 Å². The summed E-state index contributed by atoms with van der Waals surface area (Å²) < 4.78 is 0. The molecule has 5 aliphatic rings. The molecule has 2 nitrogen and oxygen atoms in total. The second kappa shape index (κ2) is 7.10. The molecule has 5 fully saturated rings. The van der Waals surface area contributed by atoms with Crippen molar-refractivity contribution in [2.75, 3.05) is 0 Å². The normalized spacial score (nSPS) is 55.7. The fourth-order valence-electron chi connectivity index (χ4n) is 11.8. The lowest BCUT2D eigenvalue weighted by Crippen LogP contribution is -2.66. The fourth-order valence-corrected chi connectivity index (χ4v) is 11.8. The Kier molecular flexibility index (Phi) is 5.24. The molecule has 0 bridgehead atoms. The van der Waals surface area contributed by atoms with E-state index in [1.165, 1.54) is 51.2 Å². The van der Waals surface area contributed by atoms with E-state index in [4.69, 9.17) is 0 Å². The molecule has 33 heavy (non-hydrogen) atoms. The van der Waals surface area contributed by atoms with Crippen molar-refractivity contribution < 1.29 is 9.90 Å². The third-order valence-corrected chi connectivity index (χ3v) is 13.8. The minimum absolute atomic E-state index is 0.0219. The van der Waals surface area contributed by atoms with Gasteiger partial charge in [-0.15, -0.1) is 0 Å². The topological polar surface area (TPSA) is 37.3 Å². The van der Waals surface area contributed by atoms with Gasteiger partial charge in [0.25, 0.3) is 0 Å². The molecule has 0 saturated heterocycles. The predicted molar refractivity (Wildman–Crippen MR) is 136 cm³/mol. The Morgan fingerprint density at radius 2 is 1.45 bits per heavy atom. The van der Waals surface area contributed by atoms with E-state index in [9.17, 15) is 9.90 Å². The van der Waals surface area contributed by atoms with E-state index in [0.29, 0.717) is 39.9 Å². The molecule has 0 aromatic rings. The van der Waals surface area contributed by atoms with Crippen LogP contribution in [-0.2, 0) is 4.79 Å². The summed E-state index contributed by atoms with van der Waals surface area (Å²) in [5.41, 5.74) is 1.26. The van der Waals surface area contributed by atoms with Crippen LogP contribution in [0.2, 0.25) is 0 Å². The second-order valence-corrected chi connectivity index (χ2v) is 15.9. The Labute approximate surface area is 204 Å². The molecule has 5 rings (SSSR count). The van der Waals surface area contributed by atoms with Crippen molar-refractivity contribution in [1.29, 1.82) is 0 Å². The Morgan fingerprint density at radius 1 is 0.758 bits per heavy atom. The minimum atomic E-state index is -0.152. The van der Waals surface area contributed by atoms with E-state index < -0.39 is 0 Å². The quantitative estimate of drug-likeness (QED) is 0.411. The molecule has 0 aromatic heterocycles. The van der Waals surface area contributed by atoms with Crippen LogP contribution in [0.4, 0.5) is 0 Å². The standard InChI is InChI=1S/C31H52O2/c1-26(2,3)20-11-16-31(19-32)18-17-29(7)21(25(20)31)9-10-23-28(6)14-13-24(33)27(4,5)22(28)12-15-30(23,29)8/h19-25,33H,9-18H2,1-8H3/t20-,21?,22?,23?,24+,25?,28+,29-,30-,31-/m1/s1. The summed E-state index contributed by atoms with van der Waals surface area (Å²) in [6.45, 7) is 19.9. The summed E-state index contributed by atoms with van der Waals surface area (Å²) in [5, 5.41) is 10.9. The zero-order valence-electron chi connectivity index (χ0n) is 23.0. The summed E-state index contributed by atoms with van der Waals surface area (Å²) in [6, 6.07) is 0. The van der Waals surface area contributed by atoms with Crippen LogP contribution in [0.15, 0.2) is 0 Å². The summed E-state index contributed by atoms with van der Waals surface area (Å²) in [7, 11) is 0. The molecule has 2 heteroatoms. The highest BCUT2D eigenvalue weighted by Gasteiger charge is 2.71. The maximum absolute atomic E-state index is 12.7. The molecule has 0 amide bonds. The number of hydrogen-bond donors (Lipinski definition) is 1. The molecular formula is C31H52O2. The summed E-state index contributed by atoms with van der Waals surface area (Å²) in [6.07, 6.45) is 13.4. The monoisotopic (exact) mass is 456 g/mol. The van der Waals surface area contributed by atoms with E-state index >= 15 is 0 Å². The lowest BCUT2D eigenvalue weighted by molar-refractivity contribution is -0.247. The summed E-state index contributed by atoms with van der Waals surface area (Å²) in [5.74, 6) is 3.30. The number of aldehydes is 1. The van der Waals surface area contributed by atoms with E-state index in [-0.39, 0.29) is 22.3 Å². The predicted octanol–water partition coefficient (Wildman–Crippen LogP) is 7.67. The number of aliphatic hydroxyl groups excluding tert-OH is 1. The second-order valence-electron chi connectivity index (χ2n) is 15.9. The average molecular weight is 457 g/mol. The Hall–Kier alpha value is -0.370. The van der Waals surface area contributed by atoms with Gasteiger partial charge in [-0.2, -0.15) is 0 Å². The molecule has 10 atom stereocenters. The molecule has 5 aliphatic carbocycles. The molecule has 188 valence electrons. The minimum Gasteiger partial charge on any atom is -0.393 e. The van der Waals surface area contributed by atoms with Crippen LogP contribution in [0, 0.1) is 62.1 Å². The van der Waals surface area contributed by atoms with Crippen LogP contribution < -0.4 is 0 Å². The Bertz CT molecular complexity index is 808. The van der Waals surface area contributed by atoms with Gasteiger partial charge < -0.3 is 9.90 Å². The van der Waals surface area contributed by atoms with E-state index in [1.54, 1.807) is 0 Å². The van der Waals surface area contributed by atoms with Crippen LogP contribution in [0.5, 0.6) is 0 Å². The molecular weight excluding hydrogens is 404 g/mol. The van der Waals surface area contributed by atoms with Crippen LogP contribution in [-0.4, -0.2) is 17.5 Å². The number of aliphatic hydroxyl groups is 1. The first-order valence-electron chi connectivity index (χ1n) is 14.3. The van der Waals surface area contributed by atoms with Gasteiger partial charge in [-0.3, -0.25) is 0 Å². The van der Waals surface area contributed by atoms with Gasteiger partial charge in [-0.25, -0.2) is 0 Å². The lowest BCUT2D eigenvalue weighted by atomic mass is 9.32. The van der Waals surface area contributed by atoms with Gasteiger partial charge in [0.15, 0.2) is 0 Å². The van der Waals surface area contributed by atoms with Gasteiger partial charge >= 0.3 is 0 Å². The Balaban J connectivity index is 1.56. The van der Waals surface area contributed by atoms with Crippen LogP contribution in [0.25, 0.3) is 0 Å². The summed E-state index contributed by atoms with van der Waals surface area (Å²) in [4.78, 5) is 12.7. The van der Waals surface area contributed by atoms with Gasteiger partial charge in [-0.1, -0.05) is 55.4 Å². The first-order valence-corrected chi connectivity index (χ1v) is 14.3. The molecule has 1 N–H and O–H groups in total. The third kappa shape index (κ3) is 2.91. The molecule has 5 saturated carbocycles. The number of fused-ring (bicyclic) bond motifs is 7. The van der Waals surface area contributed by atoms with Gasteiger partial charge in [0, 0.05) is 5.41 Å². The summed E-state index contributed by atoms with van der Waals surface area (Å²) >= 11 is 0. The number of carbonyl (C=O) groups excluding carboxylic acids is 1. The van der Waals surface area contributed by atoms with Crippen molar-refractivity contribution in [2.45, 2.75) is 126 Å². The lowest BCUT2D eigenvalue weighted by Gasteiger charge is -2.73. The van der Waals surface area contributed by atoms with Crippen molar-refractivity contribution >= 4 is 6.29 Å². The zero-order valence-corrected chi connectivity index (χ0v) is 23.0. The largest absolute Gasteiger partial charge is 0.393 e. The van der Waals surface area contributed by atoms with Gasteiger partial charge in [0.05, 0.1) is 6.10 Å². The molecule has 0 spiro atoms. The molecule has 0 aliphatic heterocycles. The van der Waals surface area contributed by atoms with Crippen molar-refractivity contribution in [1.82, 2.24) is 0 Å². The third-order valence-electron chi connectivity index (χ3n) is 13.8. The average Bonchev–Trinajstić information content (AvgIpc) is 3.12. The maximum Gasteiger partial charge on any atom is 0.126 e. The molecule has 4 unspecified atom stereocenters. The van der Waals surface area contributed by atoms with Crippen LogP contribution >= 0.6 is 0 Å². The highest BCUT2D eigenvalue weighted by molar-refractivity contribution is 5.61. The first-order chi connectivity index (χ1) is 15.2. The molecule has 0 heterocycles. The van der Waals surface area contributed by atoms with Crippen molar-refractivity contribution in [3.63, 3.8) is 0 Å². The van der Waals surface area contributed by atoms with Crippen molar-refractivity contribution in [3.05, 3.63) is 0 Å². The van der Waals surface area contributed by atoms with Gasteiger partial charge in [0.2, 0.25) is 0 Å². The maximum atomic E-state index is 12.7. The van der Waals surface area contributed by atoms with Crippen LogP contribution in [0.1, 0.15) is 120 Å². The fraction of sp³-hybridized carbons (Fsp3) is 0.968. The van der Waals surface area contributed by atoms with Gasteiger partial charge in [0.1, 0.15) is 6.29 Å². The number of carbonyl (C=O) groups is 1. The SMILES string of the molecule is CC(C)(C)[C@@H]1CC[C@]2(C=O)CC[C@]3(C)C(CCC4[C@@]5(C)CC[C@H](O)C(C)(C)C5CC[C@]43C)C12. The van der Waals surface area contributed by atoms with Gasteiger partial charge in [-0.05, 0) is 121 Å². The highest BCUT2D eigenvalue weighted by atomic mass is 16.3. The molecule has 0 radical (unpaired) electrons. The molecule has 0 aromatic carbocycles. The number of hydrogen-bond acceptors (Lipinski definition) is 2. The van der Waals surface area contributed by atoms with E-state index in [0.717, 1.165) is 25.2 Å². The van der Waals surface area contributed by atoms with Crippen molar-refractivity contribution in [2.24, 2.45) is 62.1 Å². The first kappa shape index (κ1) is 24.3.